The van der Waals surface area contributed by atoms with Crippen LogP contribution in [0, 0.1) is 0 Å². The van der Waals surface area contributed by atoms with Gasteiger partial charge < -0.3 is 9.30 Å². The van der Waals surface area contributed by atoms with E-state index in [1.54, 1.807) is 0 Å². The molecule has 0 aliphatic carbocycles. The zero-order valence-electron chi connectivity index (χ0n) is 23.8. The molecule has 2 nitrogen and oxygen atoms in total. The largest absolute Gasteiger partial charge is 0.456 e. The molecule has 1 aromatic heterocycles. The number of ether oxygens (including phenoxy) is 1. The third-order valence-corrected chi connectivity index (χ3v) is 9.36. The van der Waals surface area contributed by atoms with Gasteiger partial charge in [-0.05, 0) is 74.6 Å². The molecule has 0 amide bonds. The van der Waals surface area contributed by atoms with Crippen LogP contribution in [-0.4, -0.2) is 4.57 Å². The lowest BCUT2D eigenvalue weighted by molar-refractivity contribution is 0.487. The maximum atomic E-state index is 6.35. The molecular formula is C42H25NO. The Hall–Kier alpha value is -5.86. The van der Waals surface area contributed by atoms with E-state index in [0.29, 0.717) is 0 Å². The second-order valence-corrected chi connectivity index (χ2v) is 11.7. The van der Waals surface area contributed by atoms with Crippen LogP contribution >= 0.6 is 0 Å². The van der Waals surface area contributed by atoms with E-state index in [9.17, 15) is 0 Å². The predicted octanol–water partition coefficient (Wildman–Crippen LogP) is 11.7. The molecular weight excluding hydrogens is 534 g/mol. The molecule has 2 heteroatoms. The summed E-state index contributed by atoms with van der Waals surface area (Å²) >= 11 is 0. The van der Waals surface area contributed by atoms with Crippen molar-refractivity contribution < 1.29 is 4.74 Å². The van der Waals surface area contributed by atoms with Gasteiger partial charge in [0.1, 0.15) is 11.5 Å². The van der Waals surface area contributed by atoms with E-state index >= 15 is 0 Å². The van der Waals surface area contributed by atoms with Crippen molar-refractivity contribution in [1.29, 1.82) is 0 Å². The summed E-state index contributed by atoms with van der Waals surface area (Å²) < 4.78 is 8.80. The Morgan fingerprint density at radius 3 is 1.98 bits per heavy atom. The van der Waals surface area contributed by atoms with Crippen LogP contribution in [-0.2, 0) is 0 Å². The van der Waals surface area contributed by atoms with Gasteiger partial charge in [-0.2, -0.15) is 0 Å². The molecule has 0 fully saturated rings. The monoisotopic (exact) mass is 559 g/mol. The molecule has 204 valence electrons. The number of benzene rings is 8. The molecule has 0 unspecified atom stereocenters. The molecule has 0 radical (unpaired) electrons. The number of nitrogens with zero attached hydrogens (tertiary/aromatic N) is 1. The normalized spacial score (nSPS) is 12.3. The molecule has 2 heterocycles. The van der Waals surface area contributed by atoms with Crippen molar-refractivity contribution in [2.45, 2.75) is 0 Å². The highest BCUT2D eigenvalue weighted by Crippen LogP contribution is 2.47. The summed E-state index contributed by atoms with van der Waals surface area (Å²) in [6, 6.07) is 54.8. The van der Waals surface area contributed by atoms with Gasteiger partial charge in [0.25, 0.3) is 0 Å². The van der Waals surface area contributed by atoms with Crippen LogP contribution in [0.4, 0.5) is 0 Å². The maximum Gasteiger partial charge on any atom is 0.135 e. The molecule has 0 spiro atoms. The van der Waals surface area contributed by atoms with Gasteiger partial charge in [0.05, 0.1) is 11.0 Å². The molecule has 9 aromatic rings. The SMILES string of the molecule is c1cc2c3c(cccc3c1)-c1cc(-c3ccc(-n4c5ccc6ccccc6c5c5ccc6ccccc6c54)cc3)ccc1O2. The lowest BCUT2D eigenvalue weighted by Gasteiger charge is -2.22. The smallest absolute Gasteiger partial charge is 0.135 e. The number of aromatic nitrogens is 1. The first-order valence-electron chi connectivity index (χ1n) is 15.1. The van der Waals surface area contributed by atoms with Gasteiger partial charge in [0.2, 0.25) is 0 Å². The third kappa shape index (κ3) is 3.25. The first-order chi connectivity index (χ1) is 21.8. The van der Waals surface area contributed by atoms with E-state index in [-0.39, 0.29) is 0 Å². The average molecular weight is 560 g/mol. The topological polar surface area (TPSA) is 14.2 Å². The summed E-state index contributed by atoms with van der Waals surface area (Å²) in [5.41, 5.74) is 8.34. The Kier molecular flexibility index (Phi) is 4.75. The summed E-state index contributed by atoms with van der Waals surface area (Å²) in [5, 5.41) is 10.0. The average Bonchev–Trinajstić information content (AvgIpc) is 3.44. The predicted molar refractivity (Wildman–Crippen MR) is 184 cm³/mol. The zero-order chi connectivity index (χ0) is 28.8. The summed E-state index contributed by atoms with van der Waals surface area (Å²) in [5.74, 6) is 1.83. The fourth-order valence-corrected chi connectivity index (χ4v) is 7.36. The first-order valence-corrected chi connectivity index (χ1v) is 15.1. The molecule has 44 heavy (non-hydrogen) atoms. The quantitative estimate of drug-likeness (QED) is 0.205. The molecule has 0 bridgehead atoms. The van der Waals surface area contributed by atoms with Crippen LogP contribution in [0.3, 0.4) is 0 Å². The Balaban J connectivity index is 1.17. The van der Waals surface area contributed by atoms with Crippen molar-refractivity contribution in [2.75, 3.05) is 0 Å². The summed E-state index contributed by atoms with van der Waals surface area (Å²) in [6.07, 6.45) is 0. The molecule has 0 saturated carbocycles. The lowest BCUT2D eigenvalue weighted by atomic mass is 9.92. The van der Waals surface area contributed by atoms with E-state index < -0.39 is 0 Å². The second-order valence-electron chi connectivity index (χ2n) is 11.7. The van der Waals surface area contributed by atoms with Crippen LogP contribution in [0.2, 0.25) is 0 Å². The van der Waals surface area contributed by atoms with Gasteiger partial charge in [-0.1, -0.05) is 115 Å². The van der Waals surface area contributed by atoms with Crippen molar-refractivity contribution >= 4 is 54.1 Å². The van der Waals surface area contributed by atoms with Gasteiger partial charge in [0, 0.05) is 32.8 Å². The maximum absolute atomic E-state index is 6.35. The molecule has 10 rings (SSSR count). The summed E-state index contributed by atoms with van der Waals surface area (Å²) in [7, 11) is 0. The molecule has 0 saturated heterocycles. The minimum Gasteiger partial charge on any atom is -0.456 e. The number of hydrogen-bond acceptors (Lipinski definition) is 1. The number of hydrogen-bond donors (Lipinski definition) is 0. The lowest BCUT2D eigenvalue weighted by Crippen LogP contribution is -1.97. The van der Waals surface area contributed by atoms with Crippen LogP contribution in [0.1, 0.15) is 0 Å². The standard InChI is InChI=1S/C42H25NO/c1-3-11-32-27(7-1)18-23-37-41(32)35-22-17-28-8-2-4-12-33(28)42(35)43(37)31-20-15-26(16-21-31)30-19-24-38-36(25-30)34-13-5-9-29-10-6-14-39(44-38)40(29)34/h1-25H. The van der Waals surface area contributed by atoms with Gasteiger partial charge in [-0.15, -0.1) is 0 Å². The molecule has 0 N–H and O–H groups in total. The van der Waals surface area contributed by atoms with Crippen molar-refractivity contribution in [3.63, 3.8) is 0 Å². The number of rotatable bonds is 2. The number of fused-ring (bicyclic) bond motifs is 9. The minimum atomic E-state index is 0.904. The highest BCUT2D eigenvalue weighted by molar-refractivity contribution is 6.26. The molecule has 8 aromatic carbocycles. The van der Waals surface area contributed by atoms with Crippen LogP contribution < -0.4 is 4.74 Å². The molecule has 1 aliphatic rings. The van der Waals surface area contributed by atoms with E-state index in [1.165, 1.54) is 70.8 Å². The second kappa shape index (κ2) is 8.82. The highest BCUT2D eigenvalue weighted by Gasteiger charge is 2.21. The van der Waals surface area contributed by atoms with Gasteiger partial charge in [0.15, 0.2) is 0 Å². The van der Waals surface area contributed by atoms with Gasteiger partial charge in [-0.3, -0.25) is 0 Å². The summed E-state index contributed by atoms with van der Waals surface area (Å²) in [4.78, 5) is 0. The third-order valence-electron chi connectivity index (χ3n) is 9.36. The fraction of sp³-hybridized carbons (Fsp3) is 0. The van der Waals surface area contributed by atoms with Crippen molar-refractivity contribution in [2.24, 2.45) is 0 Å². The highest BCUT2D eigenvalue weighted by atomic mass is 16.5. The van der Waals surface area contributed by atoms with Crippen molar-refractivity contribution in [3.05, 3.63) is 152 Å². The van der Waals surface area contributed by atoms with Crippen molar-refractivity contribution in [1.82, 2.24) is 4.57 Å². The van der Waals surface area contributed by atoms with Crippen LogP contribution in [0.5, 0.6) is 11.5 Å². The summed E-state index contributed by atoms with van der Waals surface area (Å²) in [6.45, 7) is 0. The Morgan fingerprint density at radius 2 is 1.11 bits per heavy atom. The van der Waals surface area contributed by atoms with Gasteiger partial charge >= 0.3 is 0 Å². The van der Waals surface area contributed by atoms with Gasteiger partial charge in [-0.25, -0.2) is 0 Å². The molecule has 0 atom stereocenters. The van der Waals surface area contributed by atoms with E-state index in [1.807, 2.05) is 0 Å². The zero-order valence-corrected chi connectivity index (χ0v) is 23.8. The Bertz CT molecular complexity index is 2620. The molecule has 1 aliphatic heterocycles. The fourth-order valence-electron chi connectivity index (χ4n) is 7.36. The van der Waals surface area contributed by atoms with Crippen LogP contribution in [0.25, 0.3) is 82.1 Å². The van der Waals surface area contributed by atoms with Crippen molar-refractivity contribution in [3.8, 4) is 39.4 Å². The van der Waals surface area contributed by atoms with E-state index in [0.717, 1.165) is 22.7 Å². The minimum absolute atomic E-state index is 0.904. The first kappa shape index (κ1) is 23.7. The Labute approximate surface area is 254 Å². The van der Waals surface area contributed by atoms with E-state index in [2.05, 4.69) is 156 Å². The Morgan fingerprint density at radius 1 is 0.409 bits per heavy atom. The van der Waals surface area contributed by atoms with E-state index in [4.69, 9.17) is 4.74 Å². The van der Waals surface area contributed by atoms with Crippen LogP contribution in [0.15, 0.2) is 152 Å².